The molecule has 2 aromatic rings. The molecule has 0 N–H and O–H groups in total. The van der Waals surface area contributed by atoms with Crippen molar-refractivity contribution in [2.45, 2.75) is 13.0 Å². The van der Waals surface area contributed by atoms with E-state index in [0.29, 0.717) is 25.4 Å². The fourth-order valence-corrected chi connectivity index (χ4v) is 3.07. The minimum absolute atomic E-state index is 0.0149. The van der Waals surface area contributed by atoms with Crippen molar-refractivity contribution in [3.8, 4) is 5.75 Å². The van der Waals surface area contributed by atoms with Gasteiger partial charge in [-0.25, -0.2) is 0 Å². The molecular weight excluding hydrogens is 370 g/mol. The highest BCUT2D eigenvalue weighted by atomic mass is 79.9. The molecule has 1 aliphatic rings. The van der Waals surface area contributed by atoms with Crippen LogP contribution in [0.5, 0.6) is 5.75 Å². The van der Waals surface area contributed by atoms with E-state index in [1.807, 2.05) is 60.4 Å². The first kappa shape index (κ1) is 17.0. The molecule has 24 heavy (non-hydrogen) atoms. The molecule has 0 aromatic heterocycles. The lowest BCUT2D eigenvalue weighted by Gasteiger charge is -2.33. The van der Waals surface area contributed by atoms with Gasteiger partial charge in [-0.3, -0.25) is 4.79 Å². The molecule has 2 aromatic carbocycles. The highest BCUT2D eigenvalue weighted by Gasteiger charge is 2.25. The Morgan fingerprint density at radius 2 is 2.08 bits per heavy atom. The lowest BCUT2D eigenvalue weighted by Crippen LogP contribution is -2.44. The summed E-state index contributed by atoms with van der Waals surface area (Å²) < 4.78 is 12.4. The quantitative estimate of drug-likeness (QED) is 0.799. The number of benzene rings is 2. The summed E-state index contributed by atoms with van der Waals surface area (Å²) in [5, 5.41) is 0. The predicted molar refractivity (Wildman–Crippen MR) is 96.1 cm³/mol. The standard InChI is InChI=1S/C19H20BrNO3/c1-14-5-7-17(8-6-14)24-13-19(22)21-9-10-23-18(12-21)15-3-2-4-16(20)11-15/h2-8,11,18H,9-10,12-13H2,1H3. The minimum atomic E-state index is -0.0976. The van der Waals surface area contributed by atoms with Gasteiger partial charge < -0.3 is 14.4 Å². The molecule has 0 radical (unpaired) electrons. The van der Waals surface area contributed by atoms with E-state index in [9.17, 15) is 4.79 Å². The third-order valence-electron chi connectivity index (χ3n) is 4.02. The van der Waals surface area contributed by atoms with Crippen molar-refractivity contribution in [1.82, 2.24) is 4.90 Å². The molecule has 3 rings (SSSR count). The van der Waals surface area contributed by atoms with Crippen molar-refractivity contribution in [3.63, 3.8) is 0 Å². The Bertz CT molecular complexity index is 702. The second kappa shape index (κ2) is 7.81. The Labute approximate surface area is 150 Å². The maximum absolute atomic E-state index is 12.4. The van der Waals surface area contributed by atoms with Gasteiger partial charge in [0.1, 0.15) is 11.9 Å². The highest BCUT2D eigenvalue weighted by molar-refractivity contribution is 9.10. The summed E-state index contributed by atoms with van der Waals surface area (Å²) in [6.07, 6.45) is -0.0976. The van der Waals surface area contributed by atoms with Crippen LogP contribution in [0, 0.1) is 6.92 Å². The Morgan fingerprint density at radius 1 is 1.29 bits per heavy atom. The lowest BCUT2D eigenvalue weighted by molar-refractivity contribution is -0.141. The molecule has 5 heteroatoms. The van der Waals surface area contributed by atoms with Crippen LogP contribution in [0.25, 0.3) is 0 Å². The van der Waals surface area contributed by atoms with E-state index >= 15 is 0 Å². The molecular formula is C19H20BrNO3. The van der Waals surface area contributed by atoms with Crippen molar-refractivity contribution in [3.05, 3.63) is 64.1 Å². The molecule has 1 heterocycles. The third-order valence-corrected chi connectivity index (χ3v) is 4.52. The fraction of sp³-hybridized carbons (Fsp3) is 0.316. The number of amides is 1. The monoisotopic (exact) mass is 389 g/mol. The summed E-state index contributed by atoms with van der Waals surface area (Å²) in [7, 11) is 0. The molecule has 1 unspecified atom stereocenters. The van der Waals surface area contributed by atoms with Crippen LogP contribution >= 0.6 is 15.9 Å². The van der Waals surface area contributed by atoms with Crippen LogP contribution in [0.4, 0.5) is 0 Å². The zero-order valence-corrected chi connectivity index (χ0v) is 15.2. The van der Waals surface area contributed by atoms with E-state index < -0.39 is 0 Å². The van der Waals surface area contributed by atoms with Crippen LogP contribution in [-0.4, -0.2) is 37.1 Å². The molecule has 1 atom stereocenters. The maximum Gasteiger partial charge on any atom is 0.260 e. The minimum Gasteiger partial charge on any atom is -0.484 e. The summed E-state index contributed by atoms with van der Waals surface area (Å²) >= 11 is 3.47. The van der Waals surface area contributed by atoms with Gasteiger partial charge in [0.2, 0.25) is 0 Å². The number of ether oxygens (including phenoxy) is 2. The molecule has 126 valence electrons. The number of hydrogen-bond acceptors (Lipinski definition) is 3. The number of halogens is 1. The first-order valence-electron chi connectivity index (χ1n) is 7.96. The van der Waals surface area contributed by atoms with Crippen molar-refractivity contribution >= 4 is 21.8 Å². The maximum atomic E-state index is 12.4. The molecule has 0 spiro atoms. The molecule has 4 nitrogen and oxygen atoms in total. The van der Waals surface area contributed by atoms with Gasteiger partial charge in [-0.05, 0) is 36.8 Å². The van der Waals surface area contributed by atoms with Gasteiger partial charge in [-0.1, -0.05) is 45.8 Å². The molecule has 1 amide bonds. The van der Waals surface area contributed by atoms with E-state index in [0.717, 1.165) is 10.0 Å². The largest absolute Gasteiger partial charge is 0.484 e. The van der Waals surface area contributed by atoms with Gasteiger partial charge in [0.15, 0.2) is 6.61 Å². The van der Waals surface area contributed by atoms with E-state index in [2.05, 4.69) is 15.9 Å². The zero-order valence-electron chi connectivity index (χ0n) is 13.6. The molecule has 0 bridgehead atoms. The molecule has 0 saturated carbocycles. The van der Waals surface area contributed by atoms with Crippen LogP contribution in [0.2, 0.25) is 0 Å². The zero-order chi connectivity index (χ0) is 16.9. The average molecular weight is 390 g/mol. The van der Waals surface area contributed by atoms with Crippen LogP contribution < -0.4 is 4.74 Å². The summed E-state index contributed by atoms with van der Waals surface area (Å²) in [5.41, 5.74) is 2.24. The Morgan fingerprint density at radius 3 is 2.83 bits per heavy atom. The second-order valence-corrected chi connectivity index (χ2v) is 6.77. The van der Waals surface area contributed by atoms with Gasteiger partial charge in [0.25, 0.3) is 5.91 Å². The second-order valence-electron chi connectivity index (χ2n) is 5.86. The van der Waals surface area contributed by atoms with Crippen molar-refractivity contribution in [1.29, 1.82) is 0 Å². The average Bonchev–Trinajstić information content (AvgIpc) is 2.61. The fourth-order valence-electron chi connectivity index (χ4n) is 2.66. The van der Waals surface area contributed by atoms with Gasteiger partial charge >= 0.3 is 0 Å². The van der Waals surface area contributed by atoms with Crippen LogP contribution in [-0.2, 0) is 9.53 Å². The highest BCUT2D eigenvalue weighted by Crippen LogP contribution is 2.25. The summed E-state index contributed by atoms with van der Waals surface area (Å²) in [6.45, 7) is 3.75. The summed E-state index contributed by atoms with van der Waals surface area (Å²) in [4.78, 5) is 14.2. The van der Waals surface area contributed by atoms with Gasteiger partial charge in [0.05, 0.1) is 13.2 Å². The lowest BCUT2D eigenvalue weighted by atomic mass is 10.1. The van der Waals surface area contributed by atoms with Gasteiger partial charge in [-0.15, -0.1) is 0 Å². The molecule has 1 aliphatic heterocycles. The van der Waals surface area contributed by atoms with Crippen LogP contribution in [0.3, 0.4) is 0 Å². The Balaban J connectivity index is 1.57. The summed E-state index contributed by atoms with van der Waals surface area (Å²) in [5.74, 6) is 0.699. The Hall–Kier alpha value is -1.85. The SMILES string of the molecule is Cc1ccc(OCC(=O)N2CCOC(c3cccc(Br)c3)C2)cc1. The molecule has 0 aliphatic carbocycles. The van der Waals surface area contributed by atoms with Gasteiger partial charge in [0, 0.05) is 11.0 Å². The van der Waals surface area contributed by atoms with Crippen molar-refractivity contribution < 1.29 is 14.3 Å². The number of rotatable bonds is 4. The number of carbonyl (C=O) groups excluding carboxylic acids is 1. The Kier molecular flexibility index (Phi) is 5.53. The van der Waals surface area contributed by atoms with Crippen molar-refractivity contribution in [2.75, 3.05) is 26.3 Å². The molecule has 1 saturated heterocycles. The topological polar surface area (TPSA) is 38.8 Å². The number of hydrogen-bond donors (Lipinski definition) is 0. The van der Waals surface area contributed by atoms with Crippen LogP contribution in [0.15, 0.2) is 53.0 Å². The third kappa shape index (κ3) is 4.36. The first-order chi connectivity index (χ1) is 11.6. The predicted octanol–water partition coefficient (Wildman–Crippen LogP) is 3.74. The first-order valence-corrected chi connectivity index (χ1v) is 8.75. The van der Waals surface area contributed by atoms with Crippen molar-refractivity contribution in [2.24, 2.45) is 0 Å². The smallest absolute Gasteiger partial charge is 0.260 e. The number of morpholine rings is 1. The van der Waals surface area contributed by atoms with E-state index in [1.54, 1.807) is 0 Å². The van der Waals surface area contributed by atoms with E-state index in [4.69, 9.17) is 9.47 Å². The van der Waals surface area contributed by atoms with E-state index in [-0.39, 0.29) is 18.6 Å². The normalized spacial score (nSPS) is 17.6. The van der Waals surface area contributed by atoms with E-state index in [1.165, 1.54) is 5.56 Å². The number of carbonyl (C=O) groups is 1. The summed E-state index contributed by atoms with van der Waals surface area (Å²) in [6, 6.07) is 15.7. The van der Waals surface area contributed by atoms with Gasteiger partial charge in [-0.2, -0.15) is 0 Å². The number of aryl methyl sites for hydroxylation is 1. The molecule has 1 fully saturated rings. The van der Waals surface area contributed by atoms with Crippen LogP contribution in [0.1, 0.15) is 17.2 Å². The number of nitrogens with zero attached hydrogens (tertiary/aromatic N) is 1.